The van der Waals surface area contributed by atoms with Crippen molar-refractivity contribution in [3.05, 3.63) is 0 Å². The van der Waals surface area contributed by atoms with E-state index < -0.39 is 23.2 Å². The summed E-state index contributed by atoms with van der Waals surface area (Å²) in [5, 5.41) is 8.17. The fourth-order valence-corrected chi connectivity index (χ4v) is 1.64. The fraction of sp³-hybridized carbons (Fsp3) is 0.800. The largest absolute Gasteiger partial charge is 0.481 e. The molecule has 0 spiro atoms. The summed E-state index contributed by atoms with van der Waals surface area (Å²) in [6.07, 6.45) is 2.20. The topological polar surface area (TPSA) is 63.6 Å². The van der Waals surface area contributed by atoms with E-state index in [1.54, 1.807) is 0 Å². The predicted octanol–water partition coefficient (Wildman–Crippen LogP) is 2.05. The number of aliphatic carboxylic acids is 1. The molecular weight excluding hydrogens is 220 g/mol. The Labute approximate surface area is 94.6 Å². The van der Waals surface area contributed by atoms with E-state index in [9.17, 15) is 9.59 Å². The molecule has 0 aliphatic carbocycles. The lowest BCUT2D eigenvalue weighted by atomic mass is 9.97. The lowest BCUT2D eigenvalue weighted by Gasteiger charge is -2.17. The Kier molecular flexibility index (Phi) is 7.13. The van der Waals surface area contributed by atoms with E-state index in [-0.39, 0.29) is 6.42 Å². The van der Waals surface area contributed by atoms with Crippen LogP contribution >= 0.6 is 11.6 Å². The Bertz CT molecular complexity index is 217. The molecule has 0 heterocycles. The third-order valence-corrected chi connectivity index (χ3v) is 2.69. The smallest absolute Gasteiger partial charge is 0.310 e. The number of rotatable bonds is 7. The third kappa shape index (κ3) is 5.62. The second kappa shape index (κ2) is 7.51. The van der Waals surface area contributed by atoms with Gasteiger partial charge in [-0.05, 0) is 6.42 Å². The maximum atomic E-state index is 11.3. The molecule has 0 saturated heterocycles. The zero-order valence-corrected chi connectivity index (χ0v) is 9.79. The Balaban J connectivity index is 4.33. The molecule has 88 valence electrons. The molecule has 0 aromatic rings. The van der Waals surface area contributed by atoms with Gasteiger partial charge in [-0.2, -0.15) is 0 Å². The van der Waals surface area contributed by atoms with Gasteiger partial charge < -0.3 is 9.84 Å². The number of carboxylic acid groups (broad SMARTS) is 1. The van der Waals surface area contributed by atoms with Crippen LogP contribution in [0.4, 0.5) is 0 Å². The normalized spacial score (nSPS) is 14.3. The molecule has 2 atom stereocenters. The summed E-state index contributed by atoms with van der Waals surface area (Å²) in [7, 11) is 1.24. The molecule has 0 saturated carbocycles. The predicted molar refractivity (Wildman–Crippen MR) is 56.9 cm³/mol. The first-order valence-electron chi connectivity index (χ1n) is 4.96. The van der Waals surface area contributed by atoms with Crippen LogP contribution in [0.2, 0.25) is 0 Å². The van der Waals surface area contributed by atoms with E-state index >= 15 is 0 Å². The number of unbranched alkanes of at least 4 members (excludes halogenated alkanes) is 1. The van der Waals surface area contributed by atoms with Gasteiger partial charge in [-0.15, -0.1) is 11.6 Å². The number of carbonyl (C=O) groups excluding carboxylic acids is 1. The van der Waals surface area contributed by atoms with Gasteiger partial charge in [0.05, 0.1) is 19.4 Å². The average Bonchev–Trinajstić information content (AvgIpc) is 2.21. The van der Waals surface area contributed by atoms with Crippen LogP contribution in [0.5, 0.6) is 0 Å². The van der Waals surface area contributed by atoms with Crippen LogP contribution in [0.3, 0.4) is 0 Å². The second-order valence-electron chi connectivity index (χ2n) is 3.39. The summed E-state index contributed by atoms with van der Waals surface area (Å²) >= 11 is 5.98. The van der Waals surface area contributed by atoms with Crippen molar-refractivity contribution in [2.45, 2.75) is 38.0 Å². The van der Waals surface area contributed by atoms with E-state index in [0.717, 1.165) is 12.8 Å². The minimum atomic E-state index is -1.03. The number of alkyl halides is 1. The molecule has 0 aliphatic heterocycles. The van der Waals surface area contributed by atoms with Crippen molar-refractivity contribution in [3.63, 3.8) is 0 Å². The molecule has 0 bridgehead atoms. The lowest BCUT2D eigenvalue weighted by molar-refractivity contribution is -0.150. The minimum Gasteiger partial charge on any atom is -0.481 e. The fourth-order valence-electron chi connectivity index (χ4n) is 1.30. The molecule has 4 nitrogen and oxygen atoms in total. The zero-order chi connectivity index (χ0) is 11.8. The number of esters is 1. The molecule has 5 heteroatoms. The Morgan fingerprint density at radius 3 is 2.47 bits per heavy atom. The maximum Gasteiger partial charge on any atom is 0.310 e. The van der Waals surface area contributed by atoms with Gasteiger partial charge in [0.15, 0.2) is 0 Å². The highest BCUT2D eigenvalue weighted by molar-refractivity contribution is 6.22. The van der Waals surface area contributed by atoms with Gasteiger partial charge >= 0.3 is 11.9 Å². The van der Waals surface area contributed by atoms with Crippen LogP contribution in [-0.4, -0.2) is 29.5 Å². The van der Waals surface area contributed by atoms with Crippen LogP contribution in [0, 0.1) is 5.92 Å². The van der Waals surface area contributed by atoms with Crippen molar-refractivity contribution >= 4 is 23.5 Å². The molecule has 0 aromatic heterocycles. The molecule has 0 radical (unpaired) electrons. The van der Waals surface area contributed by atoms with Gasteiger partial charge in [-0.25, -0.2) is 0 Å². The number of methoxy groups -OCH3 is 1. The monoisotopic (exact) mass is 236 g/mol. The van der Waals surface area contributed by atoms with E-state index in [2.05, 4.69) is 4.74 Å². The second-order valence-corrected chi connectivity index (χ2v) is 3.95. The van der Waals surface area contributed by atoms with Crippen molar-refractivity contribution in [1.82, 2.24) is 0 Å². The average molecular weight is 237 g/mol. The number of hydrogen-bond acceptors (Lipinski definition) is 3. The molecule has 0 aliphatic rings. The maximum absolute atomic E-state index is 11.3. The zero-order valence-electron chi connectivity index (χ0n) is 9.03. The quantitative estimate of drug-likeness (QED) is 0.543. The first kappa shape index (κ1) is 14.2. The van der Waals surface area contributed by atoms with Gasteiger partial charge in [0.1, 0.15) is 0 Å². The Morgan fingerprint density at radius 2 is 2.07 bits per heavy atom. The van der Waals surface area contributed by atoms with E-state index in [1.807, 2.05) is 6.92 Å². The summed E-state index contributed by atoms with van der Waals surface area (Å²) in [6.45, 7) is 2.01. The summed E-state index contributed by atoms with van der Waals surface area (Å²) in [4.78, 5) is 21.8. The van der Waals surface area contributed by atoms with Crippen LogP contribution in [0.15, 0.2) is 0 Å². The van der Waals surface area contributed by atoms with E-state index in [4.69, 9.17) is 16.7 Å². The van der Waals surface area contributed by atoms with Crippen molar-refractivity contribution in [1.29, 1.82) is 0 Å². The SMILES string of the molecule is CCCCC(Cl)C(CC(=O)O)C(=O)OC. The molecule has 0 fully saturated rings. The number of halogens is 1. The minimum absolute atomic E-state index is 0.273. The van der Waals surface area contributed by atoms with Crippen molar-refractivity contribution in [3.8, 4) is 0 Å². The molecule has 0 rings (SSSR count). The third-order valence-electron chi connectivity index (χ3n) is 2.17. The number of carboxylic acids is 1. The highest BCUT2D eigenvalue weighted by atomic mass is 35.5. The standard InChI is InChI=1S/C10H17ClO4/c1-3-4-5-8(11)7(6-9(12)13)10(14)15-2/h7-8H,3-6H2,1-2H3,(H,12,13). The highest BCUT2D eigenvalue weighted by Gasteiger charge is 2.29. The van der Waals surface area contributed by atoms with Crippen molar-refractivity contribution in [2.24, 2.45) is 5.92 Å². The van der Waals surface area contributed by atoms with Gasteiger partial charge in [0.25, 0.3) is 0 Å². The summed E-state index contributed by atoms with van der Waals surface area (Å²) in [5.74, 6) is -2.33. The molecule has 15 heavy (non-hydrogen) atoms. The summed E-state index contributed by atoms with van der Waals surface area (Å²) in [6, 6.07) is 0. The van der Waals surface area contributed by atoms with Crippen LogP contribution < -0.4 is 0 Å². The molecule has 1 N–H and O–H groups in total. The van der Waals surface area contributed by atoms with Crippen LogP contribution in [-0.2, 0) is 14.3 Å². The molecule has 0 amide bonds. The van der Waals surface area contributed by atoms with Crippen LogP contribution in [0.25, 0.3) is 0 Å². The molecule has 0 aromatic carbocycles. The van der Waals surface area contributed by atoms with E-state index in [1.165, 1.54) is 7.11 Å². The molecular formula is C10H17ClO4. The Hall–Kier alpha value is -0.770. The van der Waals surface area contributed by atoms with E-state index in [0.29, 0.717) is 6.42 Å². The first-order valence-corrected chi connectivity index (χ1v) is 5.40. The lowest BCUT2D eigenvalue weighted by Crippen LogP contribution is -2.28. The van der Waals surface area contributed by atoms with Gasteiger partial charge in [0.2, 0.25) is 0 Å². The number of carbonyl (C=O) groups is 2. The van der Waals surface area contributed by atoms with Gasteiger partial charge in [-0.1, -0.05) is 19.8 Å². The Morgan fingerprint density at radius 1 is 1.47 bits per heavy atom. The number of hydrogen-bond donors (Lipinski definition) is 1. The highest BCUT2D eigenvalue weighted by Crippen LogP contribution is 2.22. The van der Waals surface area contributed by atoms with Crippen molar-refractivity contribution in [2.75, 3.05) is 7.11 Å². The van der Waals surface area contributed by atoms with Crippen LogP contribution in [0.1, 0.15) is 32.6 Å². The molecule has 2 unspecified atom stereocenters. The van der Waals surface area contributed by atoms with Gasteiger partial charge in [0, 0.05) is 5.38 Å². The summed E-state index contributed by atoms with van der Waals surface area (Å²) in [5.41, 5.74) is 0. The van der Waals surface area contributed by atoms with Crippen molar-refractivity contribution < 1.29 is 19.4 Å². The first-order chi connectivity index (χ1) is 7.02. The summed E-state index contributed by atoms with van der Waals surface area (Å²) < 4.78 is 4.53. The van der Waals surface area contributed by atoms with Gasteiger partial charge in [-0.3, -0.25) is 9.59 Å². The number of ether oxygens (including phenoxy) is 1.